The van der Waals surface area contributed by atoms with E-state index < -0.39 is 0 Å². The minimum absolute atomic E-state index is 0.677. The van der Waals surface area contributed by atoms with Crippen LogP contribution < -0.4 is 18.9 Å². The molecule has 6 aromatic rings. The van der Waals surface area contributed by atoms with Crippen molar-refractivity contribution in [3.63, 3.8) is 0 Å². The third kappa shape index (κ3) is 12.5. The van der Waals surface area contributed by atoms with Crippen LogP contribution in [0.5, 0.6) is 34.5 Å². The van der Waals surface area contributed by atoms with Crippen LogP contribution in [0.15, 0.2) is 146 Å². The molecule has 4 heteroatoms. The molecule has 6 aromatic carbocycles. The van der Waals surface area contributed by atoms with Gasteiger partial charge >= 0.3 is 0 Å². The topological polar surface area (TPSA) is 36.9 Å². The molecule has 0 aliphatic rings. The number of ether oxygens (including phenoxy) is 4. The van der Waals surface area contributed by atoms with Gasteiger partial charge in [-0.15, -0.1) is 0 Å². The van der Waals surface area contributed by atoms with Crippen molar-refractivity contribution >= 4 is 24.3 Å². The Balaban J connectivity index is 1.26. The first-order valence-corrected chi connectivity index (χ1v) is 20.2. The van der Waals surface area contributed by atoms with Gasteiger partial charge in [-0.3, -0.25) is 0 Å². The highest BCUT2D eigenvalue weighted by molar-refractivity contribution is 5.83. The molecule has 0 atom stereocenters. The number of para-hydroxylation sites is 2. The monoisotopic (exact) mass is 742 g/mol. The zero-order chi connectivity index (χ0) is 38.6. The Morgan fingerprint density at radius 3 is 1.11 bits per heavy atom. The summed E-state index contributed by atoms with van der Waals surface area (Å²) in [6.07, 6.45) is 17.8. The summed E-state index contributed by atoms with van der Waals surface area (Å²) in [5.41, 5.74) is 6.38. The fourth-order valence-electron chi connectivity index (χ4n) is 6.33. The Hall–Kier alpha value is -6.00. The van der Waals surface area contributed by atoms with E-state index in [1.165, 1.54) is 25.7 Å². The second-order valence-electron chi connectivity index (χ2n) is 14.0. The predicted molar refractivity (Wildman–Crippen MR) is 235 cm³/mol. The van der Waals surface area contributed by atoms with Crippen LogP contribution in [0, 0.1) is 0 Å². The smallest absolute Gasteiger partial charge is 0.127 e. The van der Waals surface area contributed by atoms with E-state index in [9.17, 15) is 0 Å². The van der Waals surface area contributed by atoms with Gasteiger partial charge in [-0.05, 0) is 108 Å². The van der Waals surface area contributed by atoms with Crippen LogP contribution in [0.3, 0.4) is 0 Å². The maximum absolute atomic E-state index is 6.53. The first-order valence-electron chi connectivity index (χ1n) is 20.2. The van der Waals surface area contributed by atoms with E-state index in [0.29, 0.717) is 13.2 Å². The standard InChI is InChI=1S/C52H54O4/c1-3-5-7-15-37-53-51-35-29-43(23-21-41-25-31-47(32-26-41)55-45-17-11-9-12-18-45)39-49(51)50-40-44(30-36-52(50)54-38-16-8-6-4-2)24-22-42-27-33-48(34-28-42)56-46-19-13-10-14-20-46/h9-14,17-36,39-40H,3-8,15-16,37-38H2,1-2H3/b23-21+,24-22+. The Labute approximate surface area is 334 Å². The summed E-state index contributed by atoms with van der Waals surface area (Å²) in [7, 11) is 0. The van der Waals surface area contributed by atoms with Crippen molar-refractivity contribution in [3.8, 4) is 45.6 Å². The molecule has 0 aromatic heterocycles. The van der Waals surface area contributed by atoms with E-state index in [1.54, 1.807) is 0 Å². The number of hydrogen-bond donors (Lipinski definition) is 0. The molecule has 0 spiro atoms. The van der Waals surface area contributed by atoms with Gasteiger partial charge in [0.15, 0.2) is 0 Å². The molecule has 6 rings (SSSR count). The molecular formula is C52H54O4. The van der Waals surface area contributed by atoms with Crippen molar-refractivity contribution in [1.82, 2.24) is 0 Å². The van der Waals surface area contributed by atoms with Crippen LogP contribution in [0.2, 0.25) is 0 Å². The van der Waals surface area contributed by atoms with Crippen molar-refractivity contribution in [2.24, 2.45) is 0 Å². The number of benzene rings is 6. The van der Waals surface area contributed by atoms with Crippen molar-refractivity contribution in [3.05, 3.63) is 168 Å². The summed E-state index contributed by atoms with van der Waals surface area (Å²) in [6.45, 7) is 5.82. The van der Waals surface area contributed by atoms with Gasteiger partial charge in [0.25, 0.3) is 0 Å². The van der Waals surface area contributed by atoms with Gasteiger partial charge in [0.05, 0.1) is 13.2 Å². The molecule has 286 valence electrons. The molecule has 0 unspecified atom stereocenters. The lowest BCUT2D eigenvalue weighted by atomic mass is 9.98. The minimum atomic E-state index is 0.677. The molecule has 56 heavy (non-hydrogen) atoms. The predicted octanol–water partition coefficient (Wildman–Crippen LogP) is 15.2. The Kier molecular flexibility index (Phi) is 15.4. The van der Waals surface area contributed by atoms with Crippen LogP contribution in [0.1, 0.15) is 87.5 Å². The average molecular weight is 743 g/mol. The van der Waals surface area contributed by atoms with E-state index in [1.807, 2.05) is 84.9 Å². The maximum Gasteiger partial charge on any atom is 0.127 e. The van der Waals surface area contributed by atoms with Crippen LogP contribution in [0.25, 0.3) is 35.4 Å². The first kappa shape index (κ1) is 39.7. The summed E-state index contributed by atoms with van der Waals surface area (Å²) < 4.78 is 25.1. The molecule has 0 amide bonds. The second kappa shape index (κ2) is 21.8. The van der Waals surface area contributed by atoms with E-state index in [2.05, 4.69) is 98.8 Å². The Morgan fingerprint density at radius 2 is 0.714 bits per heavy atom. The fraction of sp³-hybridized carbons (Fsp3) is 0.231. The van der Waals surface area contributed by atoms with Crippen LogP contribution >= 0.6 is 0 Å². The fourth-order valence-corrected chi connectivity index (χ4v) is 6.33. The summed E-state index contributed by atoms with van der Waals surface area (Å²) in [5.74, 6) is 4.99. The highest BCUT2D eigenvalue weighted by Crippen LogP contribution is 2.39. The number of unbranched alkanes of at least 4 members (excludes halogenated alkanes) is 6. The number of hydrogen-bond acceptors (Lipinski definition) is 4. The average Bonchev–Trinajstić information content (AvgIpc) is 3.24. The zero-order valence-electron chi connectivity index (χ0n) is 32.9. The van der Waals surface area contributed by atoms with Crippen molar-refractivity contribution in [2.75, 3.05) is 13.2 Å². The van der Waals surface area contributed by atoms with Gasteiger partial charge in [0.1, 0.15) is 34.5 Å². The molecule has 0 N–H and O–H groups in total. The summed E-state index contributed by atoms with van der Waals surface area (Å²) in [6, 6.07) is 49.0. The van der Waals surface area contributed by atoms with Gasteiger partial charge in [-0.1, -0.05) is 149 Å². The van der Waals surface area contributed by atoms with Crippen molar-refractivity contribution in [1.29, 1.82) is 0 Å². The van der Waals surface area contributed by atoms with E-state index in [0.717, 1.165) is 93.6 Å². The van der Waals surface area contributed by atoms with Gasteiger partial charge in [0, 0.05) is 11.1 Å². The highest BCUT2D eigenvalue weighted by atomic mass is 16.5. The van der Waals surface area contributed by atoms with Gasteiger partial charge in [-0.25, -0.2) is 0 Å². The molecule has 0 aliphatic heterocycles. The van der Waals surface area contributed by atoms with E-state index in [4.69, 9.17) is 18.9 Å². The third-order valence-electron chi connectivity index (χ3n) is 9.46. The Bertz CT molecular complexity index is 1950. The summed E-state index contributed by atoms with van der Waals surface area (Å²) in [5, 5.41) is 0. The van der Waals surface area contributed by atoms with E-state index >= 15 is 0 Å². The summed E-state index contributed by atoms with van der Waals surface area (Å²) >= 11 is 0. The lowest BCUT2D eigenvalue weighted by molar-refractivity contribution is 0.302. The van der Waals surface area contributed by atoms with Gasteiger partial charge in [0.2, 0.25) is 0 Å². The van der Waals surface area contributed by atoms with Gasteiger partial charge < -0.3 is 18.9 Å². The first-order chi connectivity index (χ1) is 27.7. The Morgan fingerprint density at radius 1 is 0.357 bits per heavy atom. The normalized spacial score (nSPS) is 11.2. The molecule has 0 heterocycles. The molecule has 0 aliphatic carbocycles. The zero-order valence-corrected chi connectivity index (χ0v) is 32.9. The molecule has 0 saturated heterocycles. The molecule has 0 fully saturated rings. The molecular weight excluding hydrogens is 689 g/mol. The van der Waals surface area contributed by atoms with Crippen LogP contribution in [-0.4, -0.2) is 13.2 Å². The second-order valence-corrected chi connectivity index (χ2v) is 14.0. The maximum atomic E-state index is 6.53. The largest absolute Gasteiger partial charge is 0.493 e. The number of rotatable bonds is 21. The molecule has 4 nitrogen and oxygen atoms in total. The van der Waals surface area contributed by atoms with Crippen LogP contribution in [-0.2, 0) is 0 Å². The van der Waals surface area contributed by atoms with Crippen LogP contribution in [0.4, 0.5) is 0 Å². The van der Waals surface area contributed by atoms with Crippen molar-refractivity contribution in [2.45, 2.75) is 65.2 Å². The quantitative estimate of drug-likeness (QED) is 0.0543. The third-order valence-corrected chi connectivity index (χ3v) is 9.46. The lowest BCUT2D eigenvalue weighted by Gasteiger charge is -2.17. The van der Waals surface area contributed by atoms with Crippen molar-refractivity contribution < 1.29 is 18.9 Å². The van der Waals surface area contributed by atoms with E-state index in [-0.39, 0.29) is 0 Å². The highest BCUT2D eigenvalue weighted by Gasteiger charge is 2.14. The van der Waals surface area contributed by atoms with Gasteiger partial charge in [-0.2, -0.15) is 0 Å². The molecule has 0 saturated carbocycles. The minimum Gasteiger partial charge on any atom is -0.493 e. The molecule has 0 bridgehead atoms. The molecule has 0 radical (unpaired) electrons. The summed E-state index contributed by atoms with van der Waals surface area (Å²) in [4.78, 5) is 0. The SMILES string of the molecule is CCCCCCOc1ccc(/C=C/c2ccc(Oc3ccccc3)cc2)cc1-c1cc(/C=C/c2ccc(Oc3ccccc3)cc2)ccc1OCCCCCC. The lowest BCUT2D eigenvalue weighted by Crippen LogP contribution is -2.02.